The molecule has 0 bridgehead atoms. The second-order valence-electron chi connectivity index (χ2n) is 4.96. The highest BCUT2D eigenvalue weighted by Crippen LogP contribution is 2.13. The molecule has 1 aliphatic heterocycles. The standard InChI is InChI=1S/C11H22N2O4S/c1-9(14)5-6-11(15)13-7-3-4-10(8-13)12-18(2,16)17/h9-10,12,14H,3-8H2,1-2H3. The number of piperidine rings is 1. The number of nitrogens with zero attached hydrogens (tertiary/aromatic N) is 1. The van der Waals surface area contributed by atoms with Crippen molar-refractivity contribution in [1.29, 1.82) is 0 Å². The van der Waals surface area contributed by atoms with Gasteiger partial charge in [0.25, 0.3) is 0 Å². The summed E-state index contributed by atoms with van der Waals surface area (Å²) in [5.74, 6) is -0.0177. The van der Waals surface area contributed by atoms with Gasteiger partial charge < -0.3 is 10.0 Å². The molecular weight excluding hydrogens is 256 g/mol. The number of likely N-dealkylation sites (tertiary alicyclic amines) is 1. The summed E-state index contributed by atoms with van der Waals surface area (Å²) in [7, 11) is -3.23. The lowest BCUT2D eigenvalue weighted by atomic mass is 10.1. The summed E-state index contributed by atoms with van der Waals surface area (Å²) in [4.78, 5) is 13.5. The summed E-state index contributed by atoms with van der Waals surface area (Å²) in [6.07, 6.45) is 2.95. The van der Waals surface area contributed by atoms with E-state index in [-0.39, 0.29) is 11.9 Å². The molecule has 0 aromatic rings. The Morgan fingerprint density at radius 3 is 2.78 bits per heavy atom. The number of hydrogen-bond acceptors (Lipinski definition) is 4. The van der Waals surface area contributed by atoms with Crippen LogP contribution in [0.25, 0.3) is 0 Å². The molecular formula is C11H22N2O4S. The maximum atomic E-state index is 11.9. The van der Waals surface area contributed by atoms with Gasteiger partial charge in [-0.15, -0.1) is 0 Å². The lowest BCUT2D eigenvalue weighted by Gasteiger charge is -2.33. The zero-order valence-electron chi connectivity index (χ0n) is 10.9. The Hall–Kier alpha value is -0.660. The van der Waals surface area contributed by atoms with E-state index in [0.29, 0.717) is 25.9 Å². The van der Waals surface area contributed by atoms with Crippen LogP contribution in [-0.2, 0) is 14.8 Å². The van der Waals surface area contributed by atoms with Gasteiger partial charge >= 0.3 is 0 Å². The largest absolute Gasteiger partial charge is 0.393 e. The van der Waals surface area contributed by atoms with E-state index in [4.69, 9.17) is 5.11 Å². The number of amides is 1. The van der Waals surface area contributed by atoms with Crippen molar-refractivity contribution in [1.82, 2.24) is 9.62 Å². The van der Waals surface area contributed by atoms with Crippen molar-refractivity contribution in [2.24, 2.45) is 0 Å². The van der Waals surface area contributed by atoms with Gasteiger partial charge in [0.2, 0.25) is 15.9 Å². The van der Waals surface area contributed by atoms with Crippen LogP contribution in [0.3, 0.4) is 0 Å². The quantitative estimate of drug-likeness (QED) is 0.722. The first-order chi connectivity index (χ1) is 8.28. The van der Waals surface area contributed by atoms with Crippen LogP contribution in [0.5, 0.6) is 0 Å². The Labute approximate surface area is 108 Å². The number of hydrogen-bond donors (Lipinski definition) is 2. The van der Waals surface area contributed by atoms with Crippen molar-refractivity contribution in [3.05, 3.63) is 0 Å². The van der Waals surface area contributed by atoms with Gasteiger partial charge in [0, 0.05) is 25.6 Å². The SMILES string of the molecule is CC(O)CCC(=O)N1CCCC(NS(C)(=O)=O)C1. The highest BCUT2D eigenvalue weighted by Gasteiger charge is 2.25. The fourth-order valence-corrected chi connectivity index (χ4v) is 2.89. The molecule has 1 fully saturated rings. The molecule has 6 nitrogen and oxygen atoms in total. The van der Waals surface area contributed by atoms with E-state index in [1.807, 2.05) is 0 Å². The first-order valence-electron chi connectivity index (χ1n) is 6.21. The molecule has 2 unspecified atom stereocenters. The predicted molar refractivity (Wildman–Crippen MR) is 68.5 cm³/mol. The molecule has 1 amide bonds. The third-order valence-electron chi connectivity index (χ3n) is 2.93. The third kappa shape index (κ3) is 5.79. The van der Waals surface area contributed by atoms with E-state index in [1.165, 1.54) is 0 Å². The van der Waals surface area contributed by atoms with Crippen molar-refractivity contribution in [2.75, 3.05) is 19.3 Å². The van der Waals surface area contributed by atoms with Crippen molar-refractivity contribution >= 4 is 15.9 Å². The molecule has 1 saturated heterocycles. The zero-order chi connectivity index (χ0) is 13.8. The van der Waals surface area contributed by atoms with E-state index in [2.05, 4.69) is 4.72 Å². The minimum absolute atomic E-state index is 0.0177. The van der Waals surface area contributed by atoms with Gasteiger partial charge in [-0.25, -0.2) is 13.1 Å². The molecule has 0 spiro atoms. The van der Waals surface area contributed by atoms with Crippen LogP contribution in [0.2, 0.25) is 0 Å². The highest BCUT2D eigenvalue weighted by molar-refractivity contribution is 7.88. The Kier molecular flexibility index (Phi) is 5.55. The van der Waals surface area contributed by atoms with Crippen LogP contribution < -0.4 is 4.72 Å². The van der Waals surface area contributed by atoms with E-state index < -0.39 is 16.1 Å². The molecule has 2 atom stereocenters. The van der Waals surface area contributed by atoms with Gasteiger partial charge in [0.1, 0.15) is 0 Å². The monoisotopic (exact) mass is 278 g/mol. The second kappa shape index (κ2) is 6.49. The van der Waals surface area contributed by atoms with Crippen molar-refractivity contribution in [3.63, 3.8) is 0 Å². The van der Waals surface area contributed by atoms with Gasteiger partial charge in [0.15, 0.2) is 0 Å². The average molecular weight is 278 g/mol. The Morgan fingerprint density at radius 2 is 2.22 bits per heavy atom. The first-order valence-corrected chi connectivity index (χ1v) is 8.10. The summed E-state index contributed by atoms with van der Waals surface area (Å²) in [6, 6.07) is -0.191. The van der Waals surface area contributed by atoms with E-state index in [1.54, 1.807) is 11.8 Å². The van der Waals surface area contributed by atoms with Crippen LogP contribution in [0.4, 0.5) is 0 Å². The number of carbonyl (C=O) groups is 1. The van der Waals surface area contributed by atoms with E-state index in [0.717, 1.165) is 19.1 Å². The Bertz CT molecular complexity index is 381. The van der Waals surface area contributed by atoms with Crippen LogP contribution in [-0.4, -0.2) is 55.8 Å². The zero-order valence-corrected chi connectivity index (χ0v) is 11.7. The number of aliphatic hydroxyl groups excluding tert-OH is 1. The van der Waals surface area contributed by atoms with E-state index in [9.17, 15) is 13.2 Å². The summed E-state index contributed by atoms with van der Waals surface area (Å²) < 4.78 is 24.8. The number of aliphatic hydroxyl groups is 1. The molecule has 0 saturated carbocycles. The smallest absolute Gasteiger partial charge is 0.222 e. The Balaban J connectivity index is 2.45. The maximum Gasteiger partial charge on any atom is 0.222 e. The van der Waals surface area contributed by atoms with Gasteiger partial charge in [-0.3, -0.25) is 4.79 Å². The number of sulfonamides is 1. The molecule has 106 valence electrons. The van der Waals surface area contributed by atoms with E-state index >= 15 is 0 Å². The number of carbonyl (C=O) groups excluding carboxylic acids is 1. The topological polar surface area (TPSA) is 86.7 Å². The molecule has 0 aliphatic carbocycles. The molecule has 0 aromatic heterocycles. The normalized spacial score (nSPS) is 22.8. The minimum Gasteiger partial charge on any atom is -0.393 e. The lowest BCUT2D eigenvalue weighted by Crippen LogP contribution is -2.49. The summed E-state index contributed by atoms with van der Waals surface area (Å²) in [5, 5.41) is 9.14. The molecule has 1 rings (SSSR count). The third-order valence-corrected chi connectivity index (χ3v) is 3.69. The van der Waals surface area contributed by atoms with Crippen molar-refractivity contribution in [2.45, 2.75) is 44.8 Å². The molecule has 0 aromatic carbocycles. The molecule has 18 heavy (non-hydrogen) atoms. The predicted octanol–water partition coefficient (Wildman–Crippen LogP) is -0.312. The molecule has 1 heterocycles. The van der Waals surface area contributed by atoms with Gasteiger partial charge in [-0.05, 0) is 26.2 Å². The Morgan fingerprint density at radius 1 is 1.56 bits per heavy atom. The van der Waals surface area contributed by atoms with Gasteiger partial charge in [-0.1, -0.05) is 0 Å². The van der Waals surface area contributed by atoms with Crippen LogP contribution in [0.15, 0.2) is 0 Å². The summed E-state index contributed by atoms with van der Waals surface area (Å²) >= 11 is 0. The molecule has 1 aliphatic rings. The van der Waals surface area contributed by atoms with Gasteiger partial charge in [0.05, 0.1) is 12.4 Å². The summed E-state index contributed by atoms with van der Waals surface area (Å²) in [5.41, 5.74) is 0. The number of rotatable bonds is 5. The van der Waals surface area contributed by atoms with Crippen molar-refractivity contribution < 1.29 is 18.3 Å². The van der Waals surface area contributed by atoms with Crippen LogP contribution in [0, 0.1) is 0 Å². The summed E-state index contributed by atoms with van der Waals surface area (Å²) in [6.45, 7) is 2.74. The molecule has 0 radical (unpaired) electrons. The average Bonchev–Trinajstić information content (AvgIpc) is 2.23. The fraction of sp³-hybridized carbons (Fsp3) is 0.909. The molecule has 7 heteroatoms. The van der Waals surface area contributed by atoms with Crippen molar-refractivity contribution in [3.8, 4) is 0 Å². The lowest BCUT2D eigenvalue weighted by molar-refractivity contribution is -0.133. The fourth-order valence-electron chi connectivity index (χ4n) is 2.09. The molecule has 2 N–H and O–H groups in total. The maximum absolute atomic E-state index is 11.9. The minimum atomic E-state index is -3.23. The number of nitrogens with one attached hydrogen (secondary N) is 1. The highest BCUT2D eigenvalue weighted by atomic mass is 32.2. The van der Waals surface area contributed by atoms with Crippen LogP contribution in [0.1, 0.15) is 32.6 Å². The van der Waals surface area contributed by atoms with Crippen LogP contribution >= 0.6 is 0 Å². The first kappa shape index (κ1) is 15.4. The second-order valence-corrected chi connectivity index (χ2v) is 6.74. The van der Waals surface area contributed by atoms with Gasteiger partial charge in [-0.2, -0.15) is 0 Å².